The molecule has 0 aromatic carbocycles. The predicted molar refractivity (Wildman–Crippen MR) is 117 cm³/mol. The zero-order valence-electron chi connectivity index (χ0n) is 17.6. The molecule has 0 amide bonds. The van der Waals surface area contributed by atoms with Crippen molar-refractivity contribution in [1.29, 1.82) is 0 Å². The number of hydrogen-bond acceptors (Lipinski definition) is 6. The molecule has 1 N–H and O–H groups in total. The molecule has 0 saturated carbocycles. The van der Waals surface area contributed by atoms with Crippen molar-refractivity contribution in [2.75, 3.05) is 11.9 Å². The van der Waals surface area contributed by atoms with Gasteiger partial charge >= 0.3 is 0 Å². The maximum absolute atomic E-state index is 13.8. The second-order valence-electron chi connectivity index (χ2n) is 7.16. The van der Waals surface area contributed by atoms with Gasteiger partial charge in [-0.05, 0) is 44.2 Å². The maximum Gasteiger partial charge on any atom is 0.227 e. The van der Waals surface area contributed by atoms with E-state index in [1.807, 2.05) is 6.92 Å². The summed E-state index contributed by atoms with van der Waals surface area (Å²) in [5.74, 6) is -0.120. The summed E-state index contributed by atoms with van der Waals surface area (Å²) in [4.78, 5) is 25.7. The average molecular weight is 437 g/mol. The van der Waals surface area contributed by atoms with Gasteiger partial charge in [0.25, 0.3) is 0 Å². The Labute approximate surface area is 182 Å². The normalized spacial score (nSPS) is 11.0. The van der Waals surface area contributed by atoms with Crippen molar-refractivity contribution >= 4 is 16.7 Å². The quantitative estimate of drug-likeness (QED) is 0.473. The van der Waals surface area contributed by atoms with Gasteiger partial charge in [-0.25, -0.2) is 13.8 Å². The van der Waals surface area contributed by atoms with Crippen LogP contribution < -0.4 is 15.5 Å². The lowest BCUT2D eigenvalue weighted by Crippen LogP contribution is -2.18. The van der Waals surface area contributed by atoms with E-state index in [9.17, 15) is 13.6 Å². The van der Waals surface area contributed by atoms with Crippen LogP contribution in [-0.4, -0.2) is 26.1 Å². The highest BCUT2D eigenvalue weighted by Gasteiger charge is 2.16. The standard InChI is InChI=1S/C23H21F2N5O2/c1-3-32-23-22-19(8-14(2)29-23)30(13-18-10-16(25)5-7-27-18)21(11-20(22)31)28-12-17-9-15(24)4-6-26-17/h4-11,28H,3,12-13H2,1-2H3. The molecule has 4 aromatic rings. The number of ether oxygens (including phenoxy) is 1. The first-order valence-corrected chi connectivity index (χ1v) is 10.1. The van der Waals surface area contributed by atoms with Crippen LogP contribution in [0.5, 0.6) is 5.88 Å². The number of anilines is 1. The fourth-order valence-corrected chi connectivity index (χ4v) is 3.46. The van der Waals surface area contributed by atoms with Gasteiger partial charge in [0.15, 0.2) is 5.43 Å². The number of fused-ring (bicyclic) bond motifs is 1. The minimum Gasteiger partial charge on any atom is -0.477 e. The van der Waals surface area contributed by atoms with E-state index in [1.54, 1.807) is 17.6 Å². The Morgan fingerprint density at radius 1 is 1.03 bits per heavy atom. The molecular formula is C23H21F2N5O2. The number of rotatable bonds is 7. The van der Waals surface area contributed by atoms with E-state index in [-0.39, 0.29) is 24.4 Å². The smallest absolute Gasteiger partial charge is 0.227 e. The number of pyridine rings is 4. The molecule has 0 saturated heterocycles. The molecule has 0 aliphatic carbocycles. The van der Waals surface area contributed by atoms with Crippen LogP contribution in [0.15, 0.2) is 53.6 Å². The highest BCUT2D eigenvalue weighted by molar-refractivity contribution is 5.86. The van der Waals surface area contributed by atoms with Gasteiger partial charge in [0.05, 0.1) is 36.6 Å². The summed E-state index contributed by atoms with van der Waals surface area (Å²) in [5.41, 5.74) is 1.87. The van der Waals surface area contributed by atoms with E-state index >= 15 is 0 Å². The van der Waals surface area contributed by atoms with Crippen LogP contribution in [-0.2, 0) is 13.1 Å². The van der Waals surface area contributed by atoms with Crippen molar-refractivity contribution < 1.29 is 13.5 Å². The molecule has 0 atom stereocenters. The van der Waals surface area contributed by atoms with Crippen molar-refractivity contribution in [3.63, 3.8) is 0 Å². The van der Waals surface area contributed by atoms with Crippen molar-refractivity contribution in [1.82, 2.24) is 19.5 Å². The van der Waals surface area contributed by atoms with Crippen molar-refractivity contribution in [2.24, 2.45) is 0 Å². The third kappa shape index (κ3) is 4.56. The molecule has 0 radical (unpaired) electrons. The molecule has 9 heteroatoms. The minimum atomic E-state index is -0.410. The van der Waals surface area contributed by atoms with Crippen LogP contribution >= 0.6 is 0 Å². The van der Waals surface area contributed by atoms with Gasteiger partial charge in [-0.15, -0.1) is 0 Å². The van der Waals surface area contributed by atoms with Crippen LogP contribution in [0.25, 0.3) is 10.9 Å². The number of nitrogens with one attached hydrogen (secondary N) is 1. The summed E-state index contributed by atoms with van der Waals surface area (Å²) in [6.07, 6.45) is 2.76. The number of hydrogen-bond donors (Lipinski definition) is 1. The molecule has 0 spiro atoms. The molecule has 4 aromatic heterocycles. The number of halogens is 2. The third-order valence-corrected chi connectivity index (χ3v) is 4.80. The number of nitrogens with zero attached hydrogens (tertiary/aromatic N) is 4. The minimum absolute atomic E-state index is 0.182. The van der Waals surface area contributed by atoms with Gasteiger partial charge < -0.3 is 14.6 Å². The van der Waals surface area contributed by atoms with Crippen molar-refractivity contribution in [2.45, 2.75) is 26.9 Å². The van der Waals surface area contributed by atoms with E-state index < -0.39 is 11.6 Å². The first-order valence-electron chi connectivity index (χ1n) is 10.1. The summed E-state index contributed by atoms with van der Waals surface area (Å²) in [6.45, 7) is 4.33. The monoisotopic (exact) mass is 437 g/mol. The summed E-state index contributed by atoms with van der Waals surface area (Å²) in [7, 11) is 0. The highest BCUT2D eigenvalue weighted by Crippen LogP contribution is 2.26. The van der Waals surface area contributed by atoms with Crippen LogP contribution in [0, 0.1) is 18.6 Å². The molecular weight excluding hydrogens is 416 g/mol. The first kappa shape index (κ1) is 21.4. The summed E-state index contributed by atoms with van der Waals surface area (Å²) in [5, 5.41) is 3.47. The van der Waals surface area contributed by atoms with Crippen molar-refractivity contribution in [3.8, 4) is 5.88 Å². The molecule has 0 bridgehead atoms. The molecule has 32 heavy (non-hydrogen) atoms. The lowest BCUT2D eigenvalue weighted by molar-refractivity contribution is 0.330. The predicted octanol–water partition coefficient (Wildman–Crippen LogP) is 3.83. The Bertz CT molecular complexity index is 1340. The molecule has 7 nitrogen and oxygen atoms in total. The van der Waals surface area contributed by atoms with Gasteiger partial charge in [0.2, 0.25) is 5.88 Å². The van der Waals surface area contributed by atoms with Gasteiger partial charge in [-0.1, -0.05) is 0 Å². The van der Waals surface area contributed by atoms with E-state index in [4.69, 9.17) is 4.74 Å². The zero-order chi connectivity index (χ0) is 22.7. The molecule has 0 aliphatic rings. The Morgan fingerprint density at radius 3 is 2.41 bits per heavy atom. The van der Waals surface area contributed by atoms with Crippen LogP contribution in [0.1, 0.15) is 24.0 Å². The fraction of sp³-hybridized carbons (Fsp3) is 0.217. The summed E-state index contributed by atoms with van der Waals surface area (Å²) >= 11 is 0. The Hall–Kier alpha value is -3.88. The van der Waals surface area contributed by atoms with Crippen LogP contribution in [0.2, 0.25) is 0 Å². The zero-order valence-corrected chi connectivity index (χ0v) is 17.6. The topological polar surface area (TPSA) is 81.9 Å². The highest BCUT2D eigenvalue weighted by atomic mass is 19.1. The third-order valence-electron chi connectivity index (χ3n) is 4.80. The van der Waals surface area contributed by atoms with Gasteiger partial charge in [0, 0.05) is 24.2 Å². The second kappa shape index (κ2) is 9.09. The van der Waals surface area contributed by atoms with E-state index in [2.05, 4.69) is 20.3 Å². The largest absolute Gasteiger partial charge is 0.477 e. The molecule has 0 fully saturated rings. The summed E-state index contributed by atoms with van der Waals surface area (Å²) in [6, 6.07) is 8.36. The Kier molecular flexibility index (Phi) is 6.07. The lowest BCUT2D eigenvalue weighted by Gasteiger charge is -2.19. The van der Waals surface area contributed by atoms with Gasteiger partial charge in [-0.3, -0.25) is 14.8 Å². The Balaban J connectivity index is 1.86. The van der Waals surface area contributed by atoms with E-state index in [0.717, 1.165) is 0 Å². The first-order chi connectivity index (χ1) is 15.4. The van der Waals surface area contributed by atoms with E-state index in [0.29, 0.717) is 40.4 Å². The SMILES string of the molecule is CCOc1nc(C)cc2c1c(=O)cc(NCc1cc(F)ccn1)n2Cc1cc(F)ccn1. The van der Waals surface area contributed by atoms with Crippen LogP contribution in [0.3, 0.4) is 0 Å². The molecule has 0 aliphatic heterocycles. The maximum atomic E-state index is 13.8. The summed E-state index contributed by atoms with van der Waals surface area (Å²) < 4.78 is 34.8. The lowest BCUT2D eigenvalue weighted by atomic mass is 10.2. The van der Waals surface area contributed by atoms with Crippen LogP contribution in [0.4, 0.5) is 14.6 Å². The Morgan fingerprint density at radius 2 is 1.72 bits per heavy atom. The molecule has 164 valence electrons. The molecule has 0 unspecified atom stereocenters. The number of aromatic nitrogens is 4. The molecule has 4 rings (SSSR count). The molecule has 4 heterocycles. The van der Waals surface area contributed by atoms with Gasteiger partial charge in [-0.2, -0.15) is 0 Å². The van der Waals surface area contributed by atoms with Gasteiger partial charge in [0.1, 0.15) is 22.8 Å². The number of aryl methyl sites for hydroxylation is 1. The van der Waals surface area contributed by atoms with E-state index in [1.165, 1.54) is 42.7 Å². The average Bonchev–Trinajstić information content (AvgIpc) is 2.74. The fourth-order valence-electron chi connectivity index (χ4n) is 3.46. The van der Waals surface area contributed by atoms with Crippen molar-refractivity contribution in [3.05, 3.63) is 87.7 Å². The second-order valence-corrected chi connectivity index (χ2v) is 7.16.